The van der Waals surface area contributed by atoms with Crippen LogP contribution in [0.4, 0.5) is 15.9 Å². The molecular formula is C16H20FN3O. The van der Waals surface area contributed by atoms with Crippen LogP contribution in [-0.4, -0.2) is 10.6 Å². The zero-order chi connectivity index (χ0) is 15.5. The number of pyridine rings is 1. The molecule has 0 aliphatic rings. The summed E-state index contributed by atoms with van der Waals surface area (Å²) in [4.78, 5) is 4.36. The minimum atomic E-state index is -0.364. The molecule has 0 bridgehead atoms. The molecule has 0 spiro atoms. The number of aromatic nitrogens is 1. The molecule has 2 rings (SSSR count). The Morgan fingerprint density at radius 1 is 1.14 bits per heavy atom. The Morgan fingerprint density at radius 3 is 2.43 bits per heavy atom. The second kappa shape index (κ2) is 5.99. The summed E-state index contributed by atoms with van der Waals surface area (Å²) >= 11 is 0. The fourth-order valence-electron chi connectivity index (χ4n) is 1.72. The lowest BCUT2D eigenvalue weighted by molar-refractivity contribution is 0.125. The molecule has 1 aromatic carbocycles. The quantitative estimate of drug-likeness (QED) is 0.903. The summed E-state index contributed by atoms with van der Waals surface area (Å²) in [5.41, 5.74) is 6.96. The predicted octanol–water partition coefficient (Wildman–Crippen LogP) is 3.59. The lowest BCUT2D eigenvalue weighted by atomic mass is 10.2. The maximum Gasteiger partial charge on any atom is 0.239 e. The van der Waals surface area contributed by atoms with Gasteiger partial charge in [-0.2, -0.15) is 4.98 Å². The highest BCUT2D eigenvalue weighted by atomic mass is 19.1. The van der Waals surface area contributed by atoms with Crippen molar-refractivity contribution in [2.45, 2.75) is 32.9 Å². The van der Waals surface area contributed by atoms with Crippen LogP contribution in [0.1, 0.15) is 26.3 Å². The first-order valence-corrected chi connectivity index (χ1v) is 6.77. The van der Waals surface area contributed by atoms with Gasteiger partial charge in [-0.3, -0.25) is 0 Å². The zero-order valence-corrected chi connectivity index (χ0v) is 12.5. The summed E-state index contributed by atoms with van der Waals surface area (Å²) in [6, 6.07) is 9.86. The summed E-state index contributed by atoms with van der Waals surface area (Å²) in [6.45, 7) is 6.36. The van der Waals surface area contributed by atoms with Crippen molar-refractivity contribution in [1.29, 1.82) is 0 Å². The molecule has 0 unspecified atom stereocenters. The number of nitrogens with zero attached hydrogens (tertiary/aromatic N) is 1. The SMILES string of the molecule is CC(C)(C)Oc1nc(NCc2ccc(F)cc2)ccc1N. The summed E-state index contributed by atoms with van der Waals surface area (Å²) in [5.74, 6) is 0.824. The molecular weight excluding hydrogens is 269 g/mol. The van der Waals surface area contributed by atoms with Crippen LogP contribution in [0.5, 0.6) is 5.88 Å². The van der Waals surface area contributed by atoms with Gasteiger partial charge in [-0.25, -0.2) is 4.39 Å². The summed E-state index contributed by atoms with van der Waals surface area (Å²) in [7, 11) is 0. The highest BCUT2D eigenvalue weighted by molar-refractivity contribution is 5.53. The molecule has 1 heterocycles. The topological polar surface area (TPSA) is 60.2 Å². The fourth-order valence-corrected chi connectivity index (χ4v) is 1.72. The average molecular weight is 289 g/mol. The van der Waals surface area contributed by atoms with Crippen LogP contribution in [0.15, 0.2) is 36.4 Å². The molecule has 21 heavy (non-hydrogen) atoms. The molecule has 4 nitrogen and oxygen atoms in total. The fraction of sp³-hybridized carbons (Fsp3) is 0.312. The van der Waals surface area contributed by atoms with E-state index in [0.717, 1.165) is 5.56 Å². The number of nitrogen functional groups attached to an aromatic ring is 1. The van der Waals surface area contributed by atoms with Crippen molar-refractivity contribution in [1.82, 2.24) is 4.98 Å². The number of halogens is 1. The van der Waals surface area contributed by atoms with Gasteiger partial charge < -0.3 is 15.8 Å². The Hall–Kier alpha value is -2.30. The van der Waals surface area contributed by atoms with Crippen molar-refractivity contribution in [3.05, 3.63) is 47.8 Å². The minimum absolute atomic E-state index is 0.245. The van der Waals surface area contributed by atoms with Crippen LogP contribution in [0.2, 0.25) is 0 Å². The van der Waals surface area contributed by atoms with Gasteiger partial charge in [-0.1, -0.05) is 12.1 Å². The van der Waals surface area contributed by atoms with Gasteiger partial charge in [0.1, 0.15) is 17.2 Å². The van der Waals surface area contributed by atoms with Crippen LogP contribution in [0.25, 0.3) is 0 Å². The highest BCUT2D eigenvalue weighted by Crippen LogP contribution is 2.25. The van der Waals surface area contributed by atoms with Crippen LogP contribution < -0.4 is 15.8 Å². The minimum Gasteiger partial charge on any atom is -0.470 e. The second-order valence-electron chi connectivity index (χ2n) is 5.79. The third-order valence-electron chi connectivity index (χ3n) is 2.68. The van der Waals surface area contributed by atoms with Crippen LogP contribution in [-0.2, 0) is 6.54 Å². The maximum absolute atomic E-state index is 12.8. The van der Waals surface area contributed by atoms with Crippen LogP contribution >= 0.6 is 0 Å². The van der Waals surface area contributed by atoms with Gasteiger partial charge in [0.05, 0.1) is 5.69 Å². The van der Waals surface area contributed by atoms with Crippen molar-refractivity contribution in [2.75, 3.05) is 11.1 Å². The third-order valence-corrected chi connectivity index (χ3v) is 2.68. The largest absolute Gasteiger partial charge is 0.470 e. The van der Waals surface area contributed by atoms with E-state index in [1.54, 1.807) is 24.3 Å². The standard InChI is InChI=1S/C16H20FN3O/c1-16(2,3)21-15-13(18)8-9-14(20-15)19-10-11-4-6-12(17)7-5-11/h4-9H,10,18H2,1-3H3,(H,19,20). The van der Waals surface area contributed by atoms with Gasteiger partial charge in [-0.15, -0.1) is 0 Å². The zero-order valence-electron chi connectivity index (χ0n) is 12.5. The summed E-state index contributed by atoms with van der Waals surface area (Å²) < 4.78 is 18.6. The predicted molar refractivity (Wildman–Crippen MR) is 82.8 cm³/mol. The third kappa shape index (κ3) is 4.63. The first-order chi connectivity index (χ1) is 9.83. The lowest BCUT2D eigenvalue weighted by Gasteiger charge is -2.21. The second-order valence-corrected chi connectivity index (χ2v) is 5.79. The number of benzene rings is 1. The lowest BCUT2D eigenvalue weighted by Crippen LogP contribution is -2.24. The van der Waals surface area contributed by atoms with Gasteiger partial charge in [0.15, 0.2) is 0 Å². The molecule has 0 aliphatic heterocycles. The van der Waals surface area contributed by atoms with Crippen LogP contribution in [0, 0.1) is 5.82 Å². The van der Waals surface area contributed by atoms with Gasteiger partial charge in [-0.05, 0) is 50.6 Å². The van der Waals surface area contributed by atoms with Crippen LogP contribution in [0.3, 0.4) is 0 Å². The number of nitrogens with one attached hydrogen (secondary N) is 1. The number of hydrogen-bond donors (Lipinski definition) is 2. The van der Waals surface area contributed by atoms with E-state index < -0.39 is 0 Å². The van der Waals surface area contributed by atoms with Crippen molar-refractivity contribution >= 4 is 11.5 Å². The molecule has 2 aromatic rings. The van der Waals surface area contributed by atoms with Gasteiger partial charge in [0, 0.05) is 6.54 Å². The average Bonchev–Trinajstić information content (AvgIpc) is 2.40. The molecule has 0 radical (unpaired) electrons. The van der Waals surface area contributed by atoms with E-state index in [9.17, 15) is 4.39 Å². The van der Waals surface area contributed by atoms with Crippen molar-refractivity contribution in [3.63, 3.8) is 0 Å². The number of hydrogen-bond acceptors (Lipinski definition) is 4. The molecule has 112 valence electrons. The Balaban J connectivity index is 2.06. The normalized spacial score (nSPS) is 11.2. The monoisotopic (exact) mass is 289 g/mol. The first-order valence-electron chi connectivity index (χ1n) is 6.77. The van der Waals surface area contributed by atoms with Gasteiger partial charge in [0.2, 0.25) is 5.88 Å². The van der Waals surface area contributed by atoms with E-state index in [1.807, 2.05) is 20.8 Å². The molecule has 0 saturated heterocycles. The molecule has 5 heteroatoms. The van der Waals surface area contributed by atoms with E-state index >= 15 is 0 Å². The Labute approximate surface area is 124 Å². The van der Waals surface area contributed by atoms with E-state index in [2.05, 4.69) is 10.3 Å². The number of ether oxygens (including phenoxy) is 1. The summed E-state index contributed by atoms with van der Waals surface area (Å²) in [6.07, 6.45) is 0. The highest BCUT2D eigenvalue weighted by Gasteiger charge is 2.15. The molecule has 0 fully saturated rings. The Kier molecular flexibility index (Phi) is 4.31. The van der Waals surface area contributed by atoms with E-state index in [-0.39, 0.29) is 11.4 Å². The number of rotatable bonds is 4. The molecule has 0 saturated carbocycles. The van der Waals surface area contributed by atoms with E-state index in [1.165, 1.54) is 12.1 Å². The van der Waals surface area contributed by atoms with Crippen molar-refractivity contribution in [2.24, 2.45) is 0 Å². The van der Waals surface area contributed by atoms with Crippen molar-refractivity contribution < 1.29 is 9.13 Å². The molecule has 0 aliphatic carbocycles. The maximum atomic E-state index is 12.8. The van der Waals surface area contributed by atoms with E-state index in [0.29, 0.717) is 23.9 Å². The smallest absolute Gasteiger partial charge is 0.239 e. The number of nitrogens with two attached hydrogens (primary N) is 1. The molecule has 1 aromatic heterocycles. The molecule has 3 N–H and O–H groups in total. The first kappa shape index (κ1) is 15.1. The van der Waals surface area contributed by atoms with Gasteiger partial charge in [0.25, 0.3) is 0 Å². The van der Waals surface area contributed by atoms with Crippen molar-refractivity contribution in [3.8, 4) is 5.88 Å². The molecule has 0 atom stereocenters. The Bertz CT molecular complexity index is 606. The summed E-state index contributed by atoms with van der Waals surface area (Å²) in [5, 5.41) is 3.16. The number of anilines is 2. The Morgan fingerprint density at radius 2 is 1.81 bits per heavy atom. The van der Waals surface area contributed by atoms with Gasteiger partial charge >= 0.3 is 0 Å². The molecule has 0 amide bonds. The van der Waals surface area contributed by atoms with E-state index in [4.69, 9.17) is 10.5 Å².